The maximum Gasteiger partial charge on any atom is 0.156 e. The first-order valence-corrected chi connectivity index (χ1v) is 6.47. The molecule has 0 aliphatic carbocycles. The van der Waals surface area contributed by atoms with Gasteiger partial charge in [-0.05, 0) is 26.7 Å². The molecule has 0 aliphatic heterocycles. The molecule has 0 radical (unpaired) electrons. The first kappa shape index (κ1) is 12.9. The summed E-state index contributed by atoms with van der Waals surface area (Å²) in [7, 11) is -3.03. The molecule has 0 aromatic carbocycles. The highest BCUT2D eigenvalue weighted by Crippen LogP contribution is 2.15. The molecule has 0 bridgehead atoms. The Morgan fingerprint density at radius 2 is 1.62 bits per heavy atom. The molecule has 0 rings (SSSR count). The standard InChI is InChI=1S/C9H21NO2S/c1-5-7(3)13(11,12)8(4)9(10)6-2/h7-9H,5-6,10H2,1-4H3. The van der Waals surface area contributed by atoms with Crippen molar-refractivity contribution in [2.24, 2.45) is 5.73 Å². The molecule has 0 spiro atoms. The van der Waals surface area contributed by atoms with Crippen molar-refractivity contribution < 1.29 is 8.42 Å². The normalized spacial score (nSPS) is 19.5. The van der Waals surface area contributed by atoms with E-state index < -0.39 is 15.1 Å². The van der Waals surface area contributed by atoms with E-state index in [2.05, 4.69) is 0 Å². The van der Waals surface area contributed by atoms with Crippen molar-refractivity contribution in [1.82, 2.24) is 0 Å². The van der Waals surface area contributed by atoms with Crippen LogP contribution in [0, 0.1) is 0 Å². The summed E-state index contributed by atoms with van der Waals surface area (Å²) in [5, 5.41) is -0.701. The predicted molar refractivity (Wildman–Crippen MR) is 56.4 cm³/mol. The van der Waals surface area contributed by atoms with Crippen LogP contribution in [0.15, 0.2) is 0 Å². The Balaban J connectivity index is 4.64. The maximum atomic E-state index is 11.8. The van der Waals surface area contributed by atoms with Crippen LogP contribution in [0.2, 0.25) is 0 Å². The fraction of sp³-hybridized carbons (Fsp3) is 1.00. The number of nitrogens with two attached hydrogens (primary N) is 1. The van der Waals surface area contributed by atoms with E-state index >= 15 is 0 Å². The van der Waals surface area contributed by atoms with E-state index in [9.17, 15) is 8.42 Å². The molecule has 0 heterocycles. The second-order valence-corrected chi connectivity index (χ2v) is 6.31. The molecular formula is C9H21NO2S. The molecular weight excluding hydrogens is 186 g/mol. The molecule has 3 unspecified atom stereocenters. The summed E-state index contributed by atoms with van der Waals surface area (Å²) in [6, 6.07) is -0.237. The molecule has 13 heavy (non-hydrogen) atoms. The smallest absolute Gasteiger partial charge is 0.156 e. The van der Waals surface area contributed by atoms with Crippen LogP contribution in [-0.2, 0) is 9.84 Å². The van der Waals surface area contributed by atoms with Crippen molar-refractivity contribution in [3.8, 4) is 0 Å². The Kier molecular flexibility index (Phi) is 4.92. The van der Waals surface area contributed by atoms with E-state index in [0.717, 1.165) is 0 Å². The lowest BCUT2D eigenvalue weighted by Gasteiger charge is -2.22. The maximum absolute atomic E-state index is 11.8. The van der Waals surface area contributed by atoms with Crippen LogP contribution in [0.4, 0.5) is 0 Å². The molecule has 0 saturated carbocycles. The van der Waals surface area contributed by atoms with E-state index in [-0.39, 0.29) is 11.3 Å². The number of hydrogen-bond donors (Lipinski definition) is 1. The zero-order valence-electron chi connectivity index (χ0n) is 8.95. The zero-order valence-corrected chi connectivity index (χ0v) is 9.76. The van der Waals surface area contributed by atoms with Crippen LogP contribution in [0.3, 0.4) is 0 Å². The fourth-order valence-electron chi connectivity index (χ4n) is 1.17. The Bertz CT molecular complexity index is 236. The molecule has 3 atom stereocenters. The van der Waals surface area contributed by atoms with Crippen molar-refractivity contribution in [3.63, 3.8) is 0 Å². The van der Waals surface area contributed by atoms with Gasteiger partial charge in [0.15, 0.2) is 9.84 Å². The van der Waals surface area contributed by atoms with E-state index in [1.807, 2.05) is 13.8 Å². The third-order valence-electron chi connectivity index (χ3n) is 2.73. The monoisotopic (exact) mass is 207 g/mol. The van der Waals surface area contributed by atoms with Crippen LogP contribution in [0.1, 0.15) is 40.5 Å². The van der Waals surface area contributed by atoms with Gasteiger partial charge in [-0.3, -0.25) is 0 Å². The first-order chi connectivity index (χ1) is 5.87. The summed E-state index contributed by atoms with van der Waals surface area (Å²) in [4.78, 5) is 0. The van der Waals surface area contributed by atoms with Gasteiger partial charge in [0.25, 0.3) is 0 Å². The first-order valence-electron chi connectivity index (χ1n) is 4.86. The van der Waals surface area contributed by atoms with E-state index in [1.54, 1.807) is 13.8 Å². The Morgan fingerprint density at radius 1 is 1.15 bits per heavy atom. The molecule has 2 N–H and O–H groups in total. The van der Waals surface area contributed by atoms with Crippen LogP contribution < -0.4 is 5.73 Å². The van der Waals surface area contributed by atoms with Gasteiger partial charge in [-0.25, -0.2) is 8.42 Å². The summed E-state index contributed by atoms with van der Waals surface area (Å²) >= 11 is 0. The lowest BCUT2D eigenvalue weighted by atomic mass is 10.2. The van der Waals surface area contributed by atoms with Gasteiger partial charge in [0, 0.05) is 6.04 Å². The van der Waals surface area contributed by atoms with Crippen molar-refractivity contribution >= 4 is 9.84 Å². The van der Waals surface area contributed by atoms with Crippen molar-refractivity contribution in [2.75, 3.05) is 0 Å². The lowest BCUT2D eigenvalue weighted by Crippen LogP contribution is -2.41. The van der Waals surface area contributed by atoms with Crippen LogP contribution in [0.5, 0.6) is 0 Å². The van der Waals surface area contributed by atoms with E-state index in [0.29, 0.717) is 12.8 Å². The highest BCUT2D eigenvalue weighted by atomic mass is 32.2. The average Bonchev–Trinajstić information content (AvgIpc) is 2.13. The third-order valence-corrected chi connectivity index (χ3v) is 5.57. The van der Waals surface area contributed by atoms with Gasteiger partial charge >= 0.3 is 0 Å². The quantitative estimate of drug-likeness (QED) is 0.739. The minimum atomic E-state index is -3.03. The topological polar surface area (TPSA) is 60.2 Å². The number of hydrogen-bond acceptors (Lipinski definition) is 3. The molecule has 80 valence electrons. The Labute approximate surface area is 81.6 Å². The fourth-order valence-corrected chi connectivity index (χ4v) is 3.05. The molecule has 0 aromatic heterocycles. The van der Waals surface area contributed by atoms with Crippen molar-refractivity contribution in [2.45, 2.75) is 57.1 Å². The van der Waals surface area contributed by atoms with Crippen molar-refractivity contribution in [3.05, 3.63) is 0 Å². The summed E-state index contributed by atoms with van der Waals surface area (Å²) in [5.74, 6) is 0. The minimum Gasteiger partial charge on any atom is -0.327 e. The minimum absolute atomic E-state index is 0.237. The number of rotatable bonds is 5. The summed E-state index contributed by atoms with van der Waals surface area (Å²) in [5.41, 5.74) is 5.72. The van der Waals surface area contributed by atoms with Gasteiger partial charge < -0.3 is 5.73 Å². The van der Waals surface area contributed by atoms with Gasteiger partial charge in [0.1, 0.15) is 0 Å². The SMILES string of the molecule is CCC(N)C(C)S(=O)(=O)C(C)CC. The van der Waals surface area contributed by atoms with Gasteiger partial charge in [-0.2, -0.15) is 0 Å². The van der Waals surface area contributed by atoms with Crippen molar-refractivity contribution in [1.29, 1.82) is 0 Å². The highest BCUT2D eigenvalue weighted by molar-refractivity contribution is 7.92. The molecule has 0 fully saturated rings. The highest BCUT2D eigenvalue weighted by Gasteiger charge is 2.29. The average molecular weight is 207 g/mol. The summed E-state index contributed by atoms with van der Waals surface area (Å²) in [6.45, 7) is 7.24. The summed E-state index contributed by atoms with van der Waals surface area (Å²) in [6.07, 6.45) is 1.36. The molecule has 4 heteroatoms. The lowest BCUT2D eigenvalue weighted by molar-refractivity contribution is 0.539. The van der Waals surface area contributed by atoms with Crippen LogP contribution >= 0.6 is 0 Å². The zero-order chi connectivity index (χ0) is 10.6. The molecule has 0 aromatic rings. The molecule has 3 nitrogen and oxygen atoms in total. The Morgan fingerprint density at radius 3 is 1.92 bits per heavy atom. The third kappa shape index (κ3) is 2.95. The molecule has 0 amide bonds. The number of sulfone groups is 1. The van der Waals surface area contributed by atoms with Gasteiger partial charge in [0.05, 0.1) is 10.5 Å². The second-order valence-electron chi connectivity index (χ2n) is 3.59. The van der Waals surface area contributed by atoms with Crippen LogP contribution in [-0.4, -0.2) is 25.0 Å². The largest absolute Gasteiger partial charge is 0.327 e. The van der Waals surface area contributed by atoms with E-state index in [1.165, 1.54) is 0 Å². The molecule has 0 aliphatic rings. The van der Waals surface area contributed by atoms with Gasteiger partial charge in [-0.15, -0.1) is 0 Å². The Hall–Kier alpha value is -0.0900. The predicted octanol–water partition coefficient (Wildman–Crippen LogP) is 1.33. The van der Waals surface area contributed by atoms with Gasteiger partial charge in [-0.1, -0.05) is 13.8 Å². The molecule has 0 saturated heterocycles. The summed E-state index contributed by atoms with van der Waals surface area (Å²) < 4.78 is 23.6. The van der Waals surface area contributed by atoms with Crippen LogP contribution in [0.25, 0.3) is 0 Å². The second kappa shape index (κ2) is 4.96. The van der Waals surface area contributed by atoms with E-state index in [4.69, 9.17) is 5.73 Å². The van der Waals surface area contributed by atoms with Gasteiger partial charge in [0.2, 0.25) is 0 Å².